The van der Waals surface area contributed by atoms with Crippen molar-refractivity contribution in [3.63, 3.8) is 0 Å². The zero-order valence-corrected chi connectivity index (χ0v) is 25.6. The molecule has 0 unspecified atom stereocenters. The number of likely N-dealkylation sites (tertiary alicyclic amines) is 1. The summed E-state index contributed by atoms with van der Waals surface area (Å²) < 4.78 is 21.9. The van der Waals surface area contributed by atoms with Crippen LogP contribution in [0.3, 0.4) is 0 Å². The molecule has 3 rings (SSSR count). The predicted molar refractivity (Wildman–Crippen MR) is 161 cm³/mol. The SMILES string of the molecule is COC(=O)/C(=C\c1ccc(C#N)c(OCCNC(=O)c2ccc(OC3CCN(C(=O)OC(C)(C)C)CC3)cc2)c1)NC(C)=O. The van der Waals surface area contributed by atoms with Gasteiger partial charge in [-0.1, -0.05) is 6.07 Å². The molecule has 2 N–H and O–H groups in total. The Balaban J connectivity index is 1.49. The molecule has 1 aliphatic rings. The van der Waals surface area contributed by atoms with Crippen LogP contribution in [0.5, 0.6) is 11.5 Å². The van der Waals surface area contributed by atoms with Gasteiger partial charge in [0.25, 0.3) is 5.91 Å². The van der Waals surface area contributed by atoms with Gasteiger partial charge in [0.1, 0.15) is 41.6 Å². The van der Waals surface area contributed by atoms with Gasteiger partial charge in [0.2, 0.25) is 5.91 Å². The van der Waals surface area contributed by atoms with Crippen LogP contribution in [0.1, 0.15) is 62.0 Å². The molecule has 1 saturated heterocycles. The number of rotatable bonds is 10. The zero-order chi connectivity index (χ0) is 32.3. The molecule has 12 nitrogen and oxygen atoms in total. The standard InChI is InChI=1S/C32H38N4O8/c1-21(37)35-27(30(39)41-5)18-22-6-7-24(20-33)28(19-22)42-17-14-34-29(38)23-8-10-25(11-9-23)43-26-12-15-36(16-13-26)31(40)44-32(2,3)4/h6-11,18-19,26H,12-17H2,1-5H3,(H,34,38)(H,35,37)/b27-18+. The lowest BCUT2D eigenvalue weighted by Gasteiger charge is -2.33. The first-order chi connectivity index (χ1) is 20.9. The van der Waals surface area contributed by atoms with Gasteiger partial charge in [0.05, 0.1) is 19.2 Å². The lowest BCUT2D eigenvalue weighted by Crippen LogP contribution is -2.44. The summed E-state index contributed by atoms with van der Waals surface area (Å²) in [5.74, 6) is -0.591. The molecular formula is C32H38N4O8. The second-order valence-electron chi connectivity index (χ2n) is 11.0. The minimum absolute atomic E-state index is 0.0461. The number of carbonyl (C=O) groups is 4. The van der Waals surface area contributed by atoms with Crippen molar-refractivity contribution < 1.29 is 38.1 Å². The van der Waals surface area contributed by atoms with Crippen molar-refractivity contribution in [2.45, 2.75) is 52.2 Å². The molecule has 2 aromatic rings. The molecule has 1 aliphatic heterocycles. The average Bonchev–Trinajstić information content (AvgIpc) is 2.98. The first kappa shape index (κ1) is 33.5. The Morgan fingerprint density at radius 3 is 2.34 bits per heavy atom. The van der Waals surface area contributed by atoms with Gasteiger partial charge in [0, 0.05) is 38.4 Å². The Bertz CT molecular complexity index is 1420. The van der Waals surface area contributed by atoms with Crippen molar-refractivity contribution in [2.75, 3.05) is 33.4 Å². The molecule has 12 heteroatoms. The summed E-state index contributed by atoms with van der Waals surface area (Å²) in [6.07, 6.45) is 2.39. The highest BCUT2D eigenvalue weighted by molar-refractivity contribution is 5.97. The number of methoxy groups -OCH3 is 1. The highest BCUT2D eigenvalue weighted by atomic mass is 16.6. The van der Waals surface area contributed by atoms with Crippen LogP contribution in [-0.4, -0.2) is 73.8 Å². The quantitative estimate of drug-likeness (QED) is 0.233. The number of carbonyl (C=O) groups excluding carboxylic acids is 4. The Labute approximate surface area is 256 Å². The maximum atomic E-state index is 12.6. The minimum Gasteiger partial charge on any atom is -0.490 e. The van der Waals surface area contributed by atoms with E-state index in [-0.39, 0.29) is 48.3 Å². The smallest absolute Gasteiger partial charge is 0.410 e. The van der Waals surface area contributed by atoms with Crippen LogP contribution >= 0.6 is 0 Å². The van der Waals surface area contributed by atoms with Crippen molar-refractivity contribution in [1.29, 1.82) is 5.26 Å². The van der Waals surface area contributed by atoms with E-state index in [4.69, 9.17) is 18.9 Å². The highest BCUT2D eigenvalue weighted by Crippen LogP contribution is 2.23. The molecule has 0 radical (unpaired) electrons. The van der Waals surface area contributed by atoms with Crippen LogP contribution in [0.15, 0.2) is 48.2 Å². The molecule has 234 valence electrons. The summed E-state index contributed by atoms with van der Waals surface area (Å²) in [5.41, 5.74) is 0.593. The number of nitrogens with one attached hydrogen (secondary N) is 2. The van der Waals surface area contributed by atoms with Crippen LogP contribution in [0.25, 0.3) is 6.08 Å². The van der Waals surface area contributed by atoms with E-state index in [0.717, 1.165) is 0 Å². The Morgan fingerprint density at radius 1 is 1.07 bits per heavy atom. The number of amides is 3. The normalized spacial score (nSPS) is 13.7. The molecule has 1 heterocycles. The molecule has 0 bridgehead atoms. The van der Waals surface area contributed by atoms with Gasteiger partial charge in [-0.15, -0.1) is 0 Å². The Hall–Kier alpha value is -5.05. The Morgan fingerprint density at radius 2 is 1.75 bits per heavy atom. The van der Waals surface area contributed by atoms with E-state index in [2.05, 4.69) is 10.6 Å². The molecule has 0 saturated carbocycles. The van der Waals surface area contributed by atoms with E-state index < -0.39 is 17.5 Å². The molecule has 0 spiro atoms. The second-order valence-corrected chi connectivity index (χ2v) is 11.0. The van der Waals surface area contributed by atoms with Crippen LogP contribution in [0, 0.1) is 11.3 Å². The topological polar surface area (TPSA) is 156 Å². The number of esters is 1. The maximum absolute atomic E-state index is 12.6. The van der Waals surface area contributed by atoms with Gasteiger partial charge in [-0.25, -0.2) is 9.59 Å². The lowest BCUT2D eigenvalue weighted by molar-refractivity contribution is -0.137. The van der Waals surface area contributed by atoms with Crippen LogP contribution in [-0.2, 0) is 19.1 Å². The number of hydrogen-bond acceptors (Lipinski definition) is 9. The fourth-order valence-corrected chi connectivity index (χ4v) is 4.24. The number of piperidine rings is 1. The molecule has 0 aromatic heterocycles. The number of hydrogen-bond donors (Lipinski definition) is 2. The molecule has 2 aromatic carbocycles. The third-order valence-electron chi connectivity index (χ3n) is 6.31. The highest BCUT2D eigenvalue weighted by Gasteiger charge is 2.27. The first-order valence-corrected chi connectivity index (χ1v) is 14.2. The van der Waals surface area contributed by atoms with Gasteiger partial charge in [-0.05, 0) is 68.8 Å². The van der Waals surface area contributed by atoms with E-state index >= 15 is 0 Å². The van der Waals surface area contributed by atoms with E-state index in [1.807, 2.05) is 26.8 Å². The summed E-state index contributed by atoms with van der Waals surface area (Å²) in [5, 5.41) is 14.6. The molecule has 3 amide bonds. The maximum Gasteiger partial charge on any atom is 0.410 e. The van der Waals surface area contributed by atoms with E-state index in [0.29, 0.717) is 42.8 Å². The van der Waals surface area contributed by atoms with E-state index in [1.165, 1.54) is 26.2 Å². The molecule has 1 fully saturated rings. The monoisotopic (exact) mass is 606 g/mol. The third-order valence-corrected chi connectivity index (χ3v) is 6.31. The number of nitriles is 1. The lowest BCUT2D eigenvalue weighted by atomic mass is 10.1. The molecule has 44 heavy (non-hydrogen) atoms. The third kappa shape index (κ3) is 10.3. The largest absolute Gasteiger partial charge is 0.490 e. The van der Waals surface area contributed by atoms with E-state index in [1.54, 1.807) is 41.3 Å². The van der Waals surface area contributed by atoms with Gasteiger partial charge in [0.15, 0.2) is 0 Å². The summed E-state index contributed by atoms with van der Waals surface area (Å²) in [6.45, 7) is 8.12. The number of benzene rings is 2. The van der Waals surface area contributed by atoms with Crippen molar-refractivity contribution >= 4 is 30.0 Å². The first-order valence-electron chi connectivity index (χ1n) is 14.2. The van der Waals surface area contributed by atoms with Gasteiger partial charge in [-0.3, -0.25) is 9.59 Å². The van der Waals surface area contributed by atoms with Crippen LogP contribution in [0.4, 0.5) is 4.79 Å². The molecular weight excluding hydrogens is 568 g/mol. The zero-order valence-electron chi connectivity index (χ0n) is 25.6. The van der Waals surface area contributed by atoms with E-state index in [9.17, 15) is 24.4 Å². The summed E-state index contributed by atoms with van der Waals surface area (Å²) in [7, 11) is 1.20. The summed E-state index contributed by atoms with van der Waals surface area (Å²) >= 11 is 0. The number of ether oxygens (including phenoxy) is 4. The fraction of sp³-hybridized carbons (Fsp3) is 0.406. The van der Waals surface area contributed by atoms with Crippen molar-refractivity contribution in [3.8, 4) is 17.6 Å². The summed E-state index contributed by atoms with van der Waals surface area (Å²) in [6, 6.07) is 13.5. The van der Waals surface area contributed by atoms with Gasteiger partial charge < -0.3 is 34.5 Å². The van der Waals surface area contributed by atoms with Gasteiger partial charge in [-0.2, -0.15) is 5.26 Å². The minimum atomic E-state index is -0.727. The predicted octanol–water partition coefficient (Wildman–Crippen LogP) is 3.80. The molecule has 0 aliphatic carbocycles. The fourth-order valence-electron chi connectivity index (χ4n) is 4.24. The van der Waals surface area contributed by atoms with Gasteiger partial charge >= 0.3 is 12.1 Å². The van der Waals surface area contributed by atoms with Crippen molar-refractivity contribution in [3.05, 3.63) is 64.9 Å². The number of nitrogens with zero attached hydrogens (tertiary/aromatic N) is 2. The van der Waals surface area contributed by atoms with Crippen molar-refractivity contribution in [1.82, 2.24) is 15.5 Å². The van der Waals surface area contributed by atoms with Crippen LogP contribution in [0.2, 0.25) is 0 Å². The second kappa shape index (κ2) is 15.4. The average molecular weight is 607 g/mol. The van der Waals surface area contributed by atoms with Crippen molar-refractivity contribution in [2.24, 2.45) is 0 Å². The summed E-state index contributed by atoms with van der Waals surface area (Å²) in [4.78, 5) is 50.0. The Kier molecular flexibility index (Phi) is 11.7. The molecule has 0 atom stereocenters. The van der Waals surface area contributed by atoms with Crippen LogP contribution < -0.4 is 20.1 Å².